The topological polar surface area (TPSA) is 72.4 Å². The molecule has 76 valence electrons. The maximum atomic E-state index is 10.5. The first kappa shape index (κ1) is 10.5. The first-order valence-corrected chi connectivity index (χ1v) is 4.18. The van der Waals surface area contributed by atoms with Crippen molar-refractivity contribution in [2.75, 3.05) is 19.8 Å². The molecule has 0 fully saturated rings. The molecule has 0 radical (unpaired) electrons. The van der Waals surface area contributed by atoms with E-state index in [1.807, 2.05) is 19.0 Å². The Morgan fingerprint density at radius 3 is 2.57 bits per heavy atom. The zero-order chi connectivity index (χ0) is 10.7. The summed E-state index contributed by atoms with van der Waals surface area (Å²) < 4.78 is 0. The first-order chi connectivity index (χ1) is 6.50. The van der Waals surface area contributed by atoms with Crippen LogP contribution in [0.15, 0.2) is 18.2 Å². The Kier molecular flexibility index (Phi) is 3.03. The molecule has 0 aliphatic heterocycles. The van der Waals surface area contributed by atoms with Crippen molar-refractivity contribution >= 4 is 11.4 Å². The highest BCUT2D eigenvalue weighted by molar-refractivity contribution is 5.59. The molecular weight excluding hydrogens is 182 g/mol. The predicted octanol–water partition coefficient (Wildman–Crippen LogP) is 1.24. The number of hydrogen-bond acceptors (Lipinski definition) is 4. The van der Waals surface area contributed by atoms with E-state index in [2.05, 4.69) is 0 Å². The van der Waals surface area contributed by atoms with Gasteiger partial charge in [-0.25, -0.2) is 0 Å². The minimum atomic E-state index is -0.477. The molecule has 0 bridgehead atoms. The molecule has 1 aromatic rings. The second-order valence-corrected chi connectivity index (χ2v) is 3.39. The van der Waals surface area contributed by atoms with E-state index in [1.165, 1.54) is 6.07 Å². The standard InChI is InChI=1S/C9H13N3O2/c1-11(2)6-7-3-4-9(12(13)14)8(10)5-7/h3-5H,6,10H2,1-2H3. The van der Waals surface area contributed by atoms with Gasteiger partial charge in [0.2, 0.25) is 0 Å². The number of nitro benzene ring substituents is 1. The van der Waals surface area contributed by atoms with Crippen LogP contribution in [0.3, 0.4) is 0 Å². The van der Waals surface area contributed by atoms with Crippen LogP contribution in [0.25, 0.3) is 0 Å². The van der Waals surface area contributed by atoms with E-state index in [0.29, 0.717) is 0 Å². The van der Waals surface area contributed by atoms with Crippen LogP contribution in [0.1, 0.15) is 5.56 Å². The van der Waals surface area contributed by atoms with Crippen LogP contribution < -0.4 is 5.73 Å². The van der Waals surface area contributed by atoms with Crippen molar-refractivity contribution in [3.63, 3.8) is 0 Å². The van der Waals surface area contributed by atoms with Gasteiger partial charge in [-0.3, -0.25) is 10.1 Å². The first-order valence-electron chi connectivity index (χ1n) is 4.18. The van der Waals surface area contributed by atoms with E-state index >= 15 is 0 Å². The van der Waals surface area contributed by atoms with Gasteiger partial charge in [0.15, 0.2) is 0 Å². The van der Waals surface area contributed by atoms with Crippen molar-refractivity contribution in [2.45, 2.75) is 6.54 Å². The molecule has 0 unspecified atom stereocenters. The van der Waals surface area contributed by atoms with E-state index in [4.69, 9.17) is 5.73 Å². The van der Waals surface area contributed by atoms with Crippen molar-refractivity contribution in [3.05, 3.63) is 33.9 Å². The zero-order valence-electron chi connectivity index (χ0n) is 8.23. The molecule has 0 aromatic heterocycles. The highest BCUT2D eigenvalue weighted by atomic mass is 16.6. The number of anilines is 1. The smallest absolute Gasteiger partial charge is 0.292 e. The summed E-state index contributed by atoms with van der Waals surface area (Å²) in [6, 6.07) is 4.79. The molecule has 14 heavy (non-hydrogen) atoms. The van der Waals surface area contributed by atoms with Crippen LogP contribution in [0.4, 0.5) is 11.4 Å². The molecule has 5 nitrogen and oxygen atoms in total. The maximum Gasteiger partial charge on any atom is 0.292 e. The van der Waals surface area contributed by atoms with Gasteiger partial charge in [0.25, 0.3) is 5.69 Å². The molecule has 0 saturated carbocycles. The van der Waals surface area contributed by atoms with Crippen molar-refractivity contribution < 1.29 is 4.92 Å². The number of nitro groups is 1. The summed E-state index contributed by atoms with van der Waals surface area (Å²) in [6.07, 6.45) is 0. The predicted molar refractivity (Wildman–Crippen MR) is 54.9 cm³/mol. The fraction of sp³-hybridized carbons (Fsp3) is 0.333. The number of nitrogen functional groups attached to an aromatic ring is 1. The lowest BCUT2D eigenvalue weighted by Gasteiger charge is -2.09. The quantitative estimate of drug-likeness (QED) is 0.447. The summed E-state index contributed by atoms with van der Waals surface area (Å²) in [6.45, 7) is 0.724. The summed E-state index contributed by atoms with van der Waals surface area (Å²) in [7, 11) is 3.86. The fourth-order valence-corrected chi connectivity index (χ4v) is 1.23. The van der Waals surface area contributed by atoms with E-state index in [0.717, 1.165) is 12.1 Å². The molecular formula is C9H13N3O2. The summed E-state index contributed by atoms with van der Waals surface area (Å²) in [5.41, 5.74) is 6.69. The van der Waals surface area contributed by atoms with Crippen LogP contribution >= 0.6 is 0 Å². The van der Waals surface area contributed by atoms with Crippen LogP contribution in [0, 0.1) is 10.1 Å². The third-order valence-electron chi connectivity index (χ3n) is 1.79. The van der Waals surface area contributed by atoms with Gasteiger partial charge in [0, 0.05) is 12.6 Å². The zero-order valence-corrected chi connectivity index (χ0v) is 8.23. The van der Waals surface area contributed by atoms with Crippen molar-refractivity contribution in [2.24, 2.45) is 0 Å². The summed E-state index contributed by atoms with van der Waals surface area (Å²) in [5, 5.41) is 10.5. The third kappa shape index (κ3) is 2.43. The molecule has 1 aromatic carbocycles. The number of rotatable bonds is 3. The Morgan fingerprint density at radius 1 is 1.50 bits per heavy atom. The lowest BCUT2D eigenvalue weighted by atomic mass is 10.1. The van der Waals surface area contributed by atoms with Gasteiger partial charge < -0.3 is 10.6 Å². The SMILES string of the molecule is CN(C)Cc1ccc([N+](=O)[O-])c(N)c1. The van der Waals surface area contributed by atoms with E-state index in [9.17, 15) is 10.1 Å². The van der Waals surface area contributed by atoms with Crippen LogP contribution in [0.5, 0.6) is 0 Å². The summed E-state index contributed by atoms with van der Waals surface area (Å²) in [4.78, 5) is 12.0. The van der Waals surface area contributed by atoms with E-state index in [-0.39, 0.29) is 11.4 Å². The highest BCUT2D eigenvalue weighted by Gasteiger charge is 2.10. The van der Waals surface area contributed by atoms with Crippen LogP contribution in [-0.2, 0) is 6.54 Å². The minimum absolute atomic E-state index is 0.0347. The Labute approximate surface area is 82.3 Å². The van der Waals surface area contributed by atoms with Crippen molar-refractivity contribution in [1.29, 1.82) is 0 Å². The third-order valence-corrected chi connectivity index (χ3v) is 1.79. The molecule has 0 saturated heterocycles. The minimum Gasteiger partial charge on any atom is -0.393 e. The van der Waals surface area contributed by atoms with Crippen LogP contribution in [-0.4, -0.2) is 23.9 Å². The van der Waals surface area contributed by atoms with Crippen molar-refractivity contribution in [3.8, 4) is 0 Å². The molecule has 5 heteroatoms. The molecule has 0 amide bonds. The monoisotopic (exact) mass is 195 g/mol. The van der Waals surface area contributed by atoms with Crippen molar-refractivity contribution in [1.82, 2.24) is 4.90 Å². The Balaban J connectivity index is 2.94. The maximum absolute atomic E-state index is 10.5. The number of nitrogens with two attached hydrogens (primary N) is 1. The average Bonchev–Trinajstić information content (AvgIpc) is 2.01. The second kappa shape index (κ2) is 4.06. The molecule has 0 aliphatic rings. The average molecular weight is 195 g/mol. The molecule has 2 N–H and O–H groups in total. The van der Waals surface area contributed by atoms with Gasteiger partial charge in [-0.2, -0.15) is 0 Å². The largest absolute Gasteiger partial charge is 0.393 e. The van der Waals surface area contributed by atoms with E-state index < -0.39 is 4.92 Å². The van der Waals surface area contributed by atoms with Gasteiger partial charge in [-0.15, -0.1) is 0 Å². The lowest BCUT2D eigenvalue weighted by molar-refractivity contribution is -0.383. The lowest BCUT2D eigenvalue weighted by Crippen LogP contribution is -2.11. The highest BCUT2D eigenvalue weighted by Crippen LogP contribution is 2.22. The normalized spacial score (nSPS) is 10.5. The fourth-order valence-electron chi connectivity index (χ4n) is 1.23. The molecule has 0 heterocycles. The van der Waals surface area contributed by atoms with Gasteiger partial charge >= 0.3 is 0 Å². The van der Waals surface area contributed by atoms with Crippen LogP contribution in [0.2, 0.25) is 0 Å². The molecule has 0 aliphatic carbocycles. The summed E-state index contributed by atoms with van der Waals surface area (Å²) in [5.74, 6) is 0. The van der Waals surface area contributed by atoms with Gasteiger partial charge in [0.1, 0.15) is 5.69 Å². The van der Waals surface area contributed by atoms with Gasteiger partial charge in [0.05, 0.1) is 4.92 Å². The second-order valence-electron chi connectivity index (χ2n) is 3.39. The van der Waals surface area contributed by atoms with Gasteiger partial charge in [-0.1, -0.05) is 6.07 Å². The number of hydrogen-bond donors (Lipinski definition) is 1. The van der Waals surface area contributed by atoms with Gasteiger partial charge in [-0.05, 0) is 25.7 Å². The Hall–Kier alpha value is -1.62. The van der Waals surface area contributed by atoms with E-state index in [1.54, 1.807) is 12.1 Å². The number of benzene rings is 1. The Bertz CT molecular complexity index is 350. The molecule has 0 spiro atoms. The summed E-state index contributed by atoms with van der Waals surface area (Å²) >= 11 is 0. The molecule has 1 rings (SSSR count). The molecule has 0 atom stereocenters. The number of nitrogens with zero attached hydrogens (tertiary/aromatic N) is 2. The Morgan fingerprint density at radius 2 is 2.14 bits per heavy atom.